The number of Topliss-reactive ketones (excluding diaryl/α,β-unsaturated/α-hetero) is 1. The van der Waals surface area contributed by atoms with Crippen molar-refractivity contribution in [2.45, 2.75) is 13.0 Å². The van der Waals surface area contributed by atoms with Gasteiger partial charge in [0.15, 0.2) is 0 Å². The lowest BCUT2D eigenvalue weighted by molar-refractivity contribution is -0.145. The van der Waals surface area contributed by atoms with Gasteiger partial charge < -0.3 is 15.1 Å². The first-order valence-electron chi connectivity index (χ1n) is 9.41. The molecule has 3 rings (SSSR count). The number of nitrogens with zero attached hydrogens (tertiary/aromatic N) is 3. The SMILES string of the molecule is C[C@@H]1CN(C(=O)c2ccccc2)CCN1C(=O)C(=O)C1=CNC/C1=C\C=N/CCl. The molecular weight excluding hydrogens is 392 g/mol. The molecule has 29 heavy (non-hydrogen) atoms. The first-order chi connectivity index (χ1) is 14.0. The second kappa shape index (κ2) is 9.52. The molecular formula is C21H23ClN4O3. The number of benzene rings is 1. The maximum absolute atomic E-state index is 12.8. The Kier molecular flexibility index (Phi) is 6.82. The predicted molar refractivity (Wildman–Crippen MR) is 112 cm³/mol. The molecule has 1 aromatic rings. The molecule has 2 amide bonds. The normalized spacial score (nSPS) is 20.7. The maximum atomic E-state index is 12.8. The molecule has 0 aromatic heterocycles. The summed E-state index contributed by atoms with van der Waals surface area (Å²) in [5.41, 5.74) is 1.65. The number of nitrogens with one attached hydrogen (secondary N) is 1. The number of ketones is 1. The fourth-order valence-corrected chi connectivity index (χ4v) is 3.53. The second-order valence-corrected chi connectivity index (χ2v) is 7.11. The van der Waals surface area contributed by atoms with Gasteiger partial charge in [-0.05, 0) is 30.7 Å². The van der Waals surface area contributed by atoms with Gasteiger partial charge in [0.05, 0.1) is 0 Å². The molecule has 0 aliphatic carbocycles. The van der Waals surface area contributed by atoms with Gasteiger partial charge in [-0.3, -0.25) is 19.4 Å². The van der Waals surface area contributed by atoms with Gasteiger partial charge in [0.1, 0.15) is 6.00 Å². The number of hydrogen-bond acceptors (Lipinski definition) is 5. The highest BCUT2D eigenvalue weighted by molar-refractivity contribution is 6.44. The Morgan fingerprint density at radius 3 is 2.69 bits per heavy atom. The van der Waals surface area contributed by atoms with E-state index in [4.69, 9.17) is 11.6 Å². The first-order valence-corrected chi connectivity index (χ1v) is 9.95. The topological polar surface area (TPSA) is 82.1 Å². The lowest BCUT2D eigenvalue weighted by Crippen LogP contribution is -2.57. The molecule has 1 N–H and O–H groups in total. The number of carbonyl (C=O) groups is 3. The van der Waals surface area contributed by atoms with Crippen LogP contribution in [0.3, 0.4) is 0 Å². The summed E-state index contributed by atoms with van der Waals surface area (Å²) < 4.78 is 0. The van der Waals surface area contributed by atoms with E-state index < -0.39 is 11.7 Å². The second-order valence-electron chi connectivity index (χ2n) is 6.88. The molecule has 8 heteroatoms. The summed E-state index contributed by atoms with van der Waals surface area (Å²) in [6, 6.07) is 8.92. The molecule has 1 fully saturated rings. The highest BCUT2D eigenvalue weighted by Crippen LogP contribution is 2.19. The van der Waals surface area contributed by atoms with Gasteiger partial charge in [0.2, 0.25) is 0 Å². The number of piperazine rings is 1. The number of alkyl halides is 1. The fourth-order valence-electron chi connectivity index (χ4n) is 3.45. The van der Waals surface area contributed by atoms with Crippen LogP contribution in [0.4, 0.5) is 0 Å². The first kappa shape index (κ1) is 20.8. The molecule has 0 spiro atoms. The number of aliphatic imine (C=N–C) groups is 1. The van der Waals surface area contributed by atoms with Crippen LogP contribution in [0, 0.1) is 0 Å². The third-order valence-electron chi connectivity index (χ3n) is 4.97. The van der Waals surface area contributed by atoms with Crippen molar-refractivity contribution < 1.29 is 14.4 Å². The Bertz CT molecular complexity index is 879. The summed E-state index contributed by atoms with van der Waals surface area (Å²) in [6.45, 7) is 3.39. The minimum absolute atomic E-state index is 0.0672. The molecule has 7 nitrogen and oxygen atoms in total. The van der Waals surface area contributed by atoms with E-state index in [2.05, 4.69) is 10.3 Å². The van der Waals surface area contributed by atoms with Crippen molar-refractivity contribution in [2.75, 3.05) is 32.2 Å². The zero-order valence-electron chi connectivity index (χ0n) is 16.2. The smallest absolute Gasteiger partial charge is 0.295 e. The molecule has 2 aliphatic heterocycles. The molecule has 1 saturated heterocycles. The average Bonchev–Trinajstić information content (AvgIpc) is 3.21. The van der Waals surface area contributed by atoms with E-state index in [1.54, 1.807) is 34.2 Å². The van der Waals surface area contributed by atoms with Crippen molar-refractivity contribution >= 4 is 35.4 Å². The van der Waals surface area contributed by atoms with Crippen LogP contribution < -0.4 is 5.32 Å². The van der Waals surface area contributed by atoms with E-state index in [9.17, 15) is 14.4 Å². The lowest BCUT2D eigenvalue weighted by Gasteiger charge is -2.39. The van der Waals surface area contributed by atoms with Crippen molar-refractivity contribution in [3.05, 3.63) is 59.3 Å². The number of amides is 2. The van der Waals surface area contributed by atoms with Crippen LogP contribution in [0.1, 0.15) is 17.3 Å². The van der Waals surface area contributed by atoms with Crippen molar-refractivity contribution in [3.63, 3.8) is 0 Å². The summed E-state index contributed by atoms with van der Waals surface area (Å²) in [5.74, 6) is -1.18. The van der Waals surface area contributed by atoms with E-state index in [0.717, 1.165) is 0 Å². The number of carbonyl (C=O) groups excluding carboxylic acids is 3. The monoisotopic (exact) mass is 414 g/mol. The molecule has 152 valence electrons. The van der Waals surface area contributed by atoms with Crippen LogP contribution in [0.5, 0.6) is 0 Å². The van der Waals surface area contributed by atoms with E-state index in [1.807, 2.05) is 25.1 Å². The molecule has 2 heterocycles. The summed E-state index contributed by atoms with van der Waals surface area (Å²) in [6.07, 6.45) is 4.76. The van der Waals surface area contributed by atoms with Gasteiger partial charge in [-0.2, -0.15) is 0 Å². The van der Waals surface area contributed by atoms with Crippen LogP contribution in [-0.4, -0.2) is 71.8 Å². The quantitative estimate of drug-likeness (QED) is 0.343. The third-order valence-corrected chi connectivity index (χ3v) is 5.11. The van der Waals surface area contributed by atoms with Crippen molar-refractivity contribution in [1.82, 2.24) is 15.1 Å². The largest absolute Gasteiger partial charge is 0.386 e. The maximum Gasteiger partial charge on any atom is 0.295 e. The number of hydrogen-bond donors (Lipinski definition) is 1. The molecule has 2 aliphatic rings. The van der Waals surface area contributed by atoms with Crippen molar-refractivity contribution in [2.24, 2.45) is 4.99 Å². The molecule has 0 radical (unpaired) electrons. The highest BCUT2D eigenvalue weighted by Gasteiger charge is 2.35. The van der Waals surface area contributed by atoms with Crippen molar-refractivity contribution in [1.29, 1.82) is 0 Å². The van der Waals surface area contributed by atoms with Gasteiger partial charge in [-0.15, -0.1) is 11.6 Å². The zero-order valence-corrected chi connectivity index (χ0v) is 16.9. The Morgan fingerprint density at radius 1 is 1.24 bits per heavy atom. The Hall–Kier alpha value is -2.93. The highest BCUT2D eigenvalue weighted by atomic mass is 35.5. The van der Waals surface area contributed by atoms with Gasteiger partial charge in [0.25, 0.3) is 17.6 Å². The summed E-state index contributed by atoms with van der Waals surface area (Å²) >= 11 is 5.51. The zero-order chi connectivity index (χ0) is 20.8. The average molecular weight is 415 g/mol. The Morgan fingerprint density at radius 2 is 2.00 bits per heavy atom. The number of allylic oxidation sites excluding steroid dienone is 1. The Balaban J connectivity index is 1.65. The van der Waals surface area contributed by atoms with Gasteiger partial charge in [-0.25, -0.2) is 0 Å². The predicted octanol–water partition coefficient (Wildman–Crippen LogP) is 1.61. The number of rotatable bonds is 5. The Labute approximate surface area is 174 Å². The van der Waals surface area contributed by atoms with Gasteiger partial charge >= 0.3 is 0 Å². The van der Waals surface area contributed by atoms with E-state index >= 15 is 0 Å². The molecule has 0 unspecified atom stereocenters. The minimum atomic E-state index is -0.560. The third kappa shape index (κ3) is 4.74. The van der Waals surface area contributed by atoms with Gasteiger partial charge in [0, 0.05) is 55.8 Å². The molecule has 0 saturated carbocycles. The molecule has 1 atom stereocenters. The van der Waals surface area contributed by atoms with Crippen LogP contribution in [-0.2, 0) is 9.59 Å². The van der Waals surface area contributed by atoms with Crippen LogP contribution in [0.2, 0.25) is 0 Å². The molecule has 0 bridgehead atoms. The minimum Gasteiger partial charge on any atom is -0.386 e. The van der Waals surface area contributed by atoms with E-state index in [1.165, 1.54) is 6.21 Å². The van der Waals surface area contributed by atoms with E-state index in [0.29, 0.717) is 42.9 Å². The number of halogens is 1. The van der Waals surface area contributed by atoms with E-state index in [-0.39, 0.29) is 18.0 Å². The molecule has 1 aromatic carbocycles. The van der Waals surface area contributed by atoms with Crippen LogP contribution in [0.15, 0.2) is 58.7 Å². The van der Waals surface area contributed by atoms with Crippen LogP contribution >= 0.6 is 11.6 Å². The fraction of sp³-hybridized carbons (Fsp3) is 0.333. The van der Waals surface area contributed by atoms with Gasteiger partial charge in [-0.1, -0.05) is 18.2 Å². The summed E-state index contributed by atoms with van der Waals surface area (Å²) in [5, 5.41) is 2.97. The standard InChI is InChI=1S/C21H23ClN4O3/c1-15-13-25(20(28)16-5-3-2-4-6-16)9-10-26(15)21(29)19(27)18-12-24-11-17(18)7-8-23-14-22/h2-8,12,15,24H,9-11,13-14H2,1H3/b17-7+,23-8-/t15-/m1/s1. The van der Waals surface area contributed by atoms with Crippen molar-refractivity contribution in [3.8, 4) is 0 Å². The lowest BCUT2D eigenvalue weighted by atomic mass is 10.0. The summed E-state index contributed by atoms with van der Waals surface area (Å²) in [4.78, 5) is 45.4. The summed E-state index contributed by atoms with van der Waals surface area (Å²) in [7, 11) is 0. The van der Waals surface area contributed by atoms with Crippen LogP contribution in [0.25, 0.3) is 0 Å².